The summed E-state index contributed by atoms with van der Waals surface area (Å²) in [6, 6.07) is 5.40. The van der Waals surface area contributed by atoms with Gasteiger partial charge in [-0.2, -0.15) is 0 Å². The Kier molecular flexibility index (Phi) is 6.99. The van der Waals surface area contributed by atoms with Gasteiger partial charge in [0.25, 0.3) is 0 Å². The Balaban J connectivity index is 1.89. The molecule has 8 heteroatoms. The smallest absolute Gasteiger partial charge is 0.191 e. The Morgan fingerprint density at radius 3 is 2.83 bits per heavy atom. The maximum Gasteiger partial charge on any atom is 0.191 e. The third kappa shape index (κ3) is 5.45. The van der Waals surface area contributed by atoms with E-state index in [0.29, 0.717) is 19.0 Å². The molecule has 0 radical (unpaired) electrons. The molecular weight excluding hydrogens is 333 g/mol. The lowest BCUT2D eigenvalue weighted by Gasteiger charge is -2.13. The number of benzene rings is 1. The molecule has 6 nitrogen and oxygen atoms in total. The molecule has 1 aromatic carbocycles. The van der Waals surface area contributed by atoms with Gasteiger partial charge in [0, 0.05) is 19.7 Å². The first-order valence-electron chi connectivity index (χ1n) is 8.14. The van der Waals surface area contributed by atoms with Crippen LogP contribution in [0.5, 0.6) is 0 Å². The highest BCUT2D eigenvalue weighted by Gasteiger charge is 2.19. The number of hydrogen-bond acceptors (Lipinski definition) is 4. The van der Waals surface area contributed by atoms with Crippen molar-refractivity contribution >= 4 is 15.8 Å². The van der Waals surface area contributed by atoms with E-state index in [2.05, 4.69) is 15.6 Å². The van der Waals surface area contributed by atoms with Crippen LogP contribution in [0.4, 0.5) is 4.39 Å². The van der Waals surface area contributed by atoms with Crippen molar-refractivity contribution in [1.29, 1.82) is 0 Å². The molecule has 0 spiro atoms. The first-order chi connectivity index (χ1) is 11.5. The summed E-state index contributed by atoms with van der Waals surface area (Å²) in [5, 5.41) is 6.03. The molecule has 1 aliphatic rings. The van der Waals surface area contributed by atoms with Crippen molar-refractivity contribution in [3.63, 3.8) is 0 Å². The van der Waals surface area contributed by atoms with Crippen molar-refractivity contribution in [1.82, 2.24) is 10.6 Å². The minimum Gasteiger partial charge on any atom is -0.376 e. The fourth-order valence-electron chi connectivity index (χ4n) is 2.43. The summed E-state index contributed by atoms with van der Waals surface area (Å²) < 4.78 is 43.5. The molecule has 24 heavy (non-hydrogen) atoms. The molecule has 0 bridgehead atoms. The summed E-state index contributed by atoms with van der Waals surface area (Å²) >= 11 is 0. The Hall–Kier alpha value is -1.67. The normalized spacial score (nSPS) is 18.6. The van der Waals surface area contributed by atoms with Crippen LogP contribution in [0.15, 0.2) is 34.2 Å². The number of nitrogens with one attached hydrogen (secondary N) is 2. The minimum absolute atomic E-state index is 0.127. The van der Waals surface area contributed by atoms with Crippen LogP contribution in [-0.2, 0) is 14.6 Å². The highest BCUT2D eigenvalue weighted by atomic mass is 32.2. The Bertz CT molecular complexity index is 658. The van der Waals surface area contributed by atoms with Crippen molar-refractivity contribution in [2.45, 2.75) is 30.8 Å². The highest BCUT2D eigenvalue weighted by molar-refractivity contribution is 7.91. The molecule has 2 rings (SSSR count). The van der Waals surface area contributed by atoms with Crippen LogP contribution in [0.1, 0.15) is 19.8 Å². The molecular formula is C16H24FN3O3S. The van der Waals surface area contributed by atoms with E-state index in [-0.39, 0.29) is 23.3 Å². The summed E-state index contributed by atoms with van der Waals surface area (Å²) in [6.07, 6.45) is 2.16. The molecule has 0 aliphatic carbocycles. The van der Waals surface area contributed by atoms with E-state index in [1.54, 1.807) is 0 Å². The fraction of sp³-hybridized carbons (Fsp3) is 0.562. The average molecular weight is 357 g/mol. The topological polar surface area (TPSA) is 79.8 Å². The van der Waals surface area contributed by atoms with Crippen molar-refractivity contribution in [3.05, 3.63) is 30.1 Å². The molecule has 1 saturated heterocycles. The zero-order valence-electron chi connectivity index (χ0n) is 13.8. The van der Waals surface area contributed by atoms with Crippen LogP contribution in [0.2, 0.25) is 0 Å². The van der Waals surface area contributed by atoms with Crippen LogP contribution in [0.25, 0.3) is 0 Å². The SMILES string of the molecule is CCNC(=NCC1CCCO1)NCCS(=O)(=O)c1ccccc1F. The standard InChI is InChI=1S/C16H24FN3O3S/c1-2-18-16(20-12-13-6-5-10-23-13)19-9-11-24(21,22)15-8-4-3-7-14(15)17/h3-4,7-8,13H,2,5-6,9-12H2,1H3,(H2,18,19,20). The van der Waals surface area contributed by atoms with Crippen LogP contribution in [0.3, 0.4) is 0 Å². The summed E-state index contributed by atoms with van der Waals surface area (Å²) in [4.78, 5) is 4.14. The molecule has 2 N–H and O–H groups in total. The van der Waals surface area contributed by atoms with Crippen LogP contribution in [0, 0.1) is 5.82 Å². The van der Waals surface area contributed by atoms with Gasteiger partial charge < -0.3 is 15.4 Å². The molecule has 1 heterocycles. The molecule has 1 atom stereocenters. The Morgan fingerprint density at radius 2 is 2.17 bits per heavy atom. The van der Waals surface area contributed by atoms with Gasteiger partial charge in [-0.1, -0.05) is 12.1 Å². The second-order valence-corrected chi connectivity index (χ2v) is 7.61. The quantitative estimate of drug-likeness (QED) is 0.569. The van der Waals surface area contributed by atoms with Gasteiger partial charge in [0.05, 0.1) is 18.4 Å². The number of sulfone groups is 1. The number of halogens is 1. The molecule has 134 valence electrons. The fourth-order valence-corrected chi connectivity index (χ4v) is 3.68. The lowest BCUT2D eigenvalue weighted by atomic mass is 10.2. The Morgan fingerprint density at radius 1 is 1.38 bits per heavy atom. The van der Waals surface area contributed by atoms with Gasteiger partial charge in [-0.25, -0.2) is 12.8 Å². The van der Waals surface area contributed by atoms with E-state index in [9.17, 15) is 12.8 Å². The highest BCUT2D eigenvalue weighted by Crippen LogP contribution is 2.15. The summed E-state index contributed by atoms with van der Waals surface area (Å²) in [5.41, 5.74) is 0. The number of nitrogens with zero attached hydrogens (tertiary/aromatic N) is 1. The lowest BCUT2D eigenvalue weighted by molar-refractivity contribution is 0.117. The zero-order chi connectivity index (χ0) is 17.4. The lowest BCUT2D eigenvalue weighted by Crippen LogP contribution is -2.40. The largest absolute Gasteiger partial charge is 0.376 e. The van der Waals surface area contributed by atoms with Crippen molar-refractivity contribution in [2.24, 2.45) is 4.99 Å². The molecule has 1 aromatic rings. The number of rotatable bonds is 7. The van der Waals surface area contributed by atoms with E-state index in [4.69, 9.17) is 4.74 Å². The second kappa shape index (κ2) is 8.98. The van der Waals surface area contributed by atoms with Gasteiger partial charge in [0.2, 0.25) is 0 Å². The summed E-state index contributed by atoms with van der Waals surface area (Å²) in [6.45, 7) is 4.05. The van der Waals surface area contributed by atoms with Crippen LogP contribution < -0.4 is 10.6 Å². The Labute approximate surface area is 142 Å². The van der Waals surface area contributed by atoms with Crippen molar-refractivity contribution < 1.29 is 17.5 Å². The zero-order valence-corrected chi connectivity index (χ0v) is 14.6. The van der Waals surface area contributed by atoms with Gasteiger partial charge >= 0.3 is 0 Å². The predicted molar refractivity (Wildman–Crippen MR) is 91.4 cm³/mol. The molecule has 1 unspecified atom stereocenters. The number of guanidine groups is 1. The second-order valence-electron chi connectivity index (χ2n) is 5.53. The number of ether oxygens (including phenoxy) is 1. The van der Waals surface area contributed by atoms with Crippen LogP contribution in [-0.4, -0.2) is 52.5 Å². The van der Waals surface area contributed by atoms with Gasteiger partial charge in [0.15, 0.2) is 15.8 Å². The summed E-state index contributed by atoms with van der Waals surface area (Å²) in [5.74, 6) is -0.397. The van der Waals surface area contributed by atoms with E-state index >= 15 is 0 Å². The average Bonchev–Trinajstić information content (AvgIpc) is 3.06. The third-order valence-electron chi connectivity index (χ3n) is 3.66. The maximum absolute atomic E-state index is 13.6. The van der Waals surface area contributed by atoms with Gasteiger partial charge in [-0.3, -0.25) is 4.99 Å². The van der Waals surface area contributed by atoms with Gasteiger partial charge in [-0.15, -0.1) is 0 Å². The van der Waals surface area contributed by atoms with Gasteiger partial charge in [-0.05, 0) is 31.9 Å². The van der Waals surface area contributed by atoms with E-state index in [0.717, 1.165) is 25.5 Å². The third-order valence-corrected chi connectivity index (χ3v) is 5.40. The molecule has 0 saturated carbocycles. The molecule has 0 aromatic heterocycles. The first-order valence-corrected chi connectivity index (χ1v) is 9.79. The van der Waals surface area contributed by atoms with E-state index in [1.807, 2.05) is 6.92 Å². The number of aliphatic imine (C=N–C) groups is 1. The molecule has 1 fully saturated rings. The minimum atomic E-state index is -3.68. The van der Waals surface area contributed by atoms with Crippen molar-refractivity contribution in [2.75, 3.05) is 32.0 Å². The number of hydrogen-bond donors (Lipinski definition) is 2. The van der Waals surface area contributed by atoms with E-state index < -0.39 is 15.7 Å². The summed E-state index contributed by atoms with van der Waals surface area (Å²) in [7, 11) is -3.68. The first kappa shape index (κ1) is 18.7. The monoisotopic (exact) mass is 357 g/mol. The van der Waals surface area contributed by atoms with Crippen LogP contribution >= 0.6 is 0 Å². The molecule has 1 aliphatic heterocycles. The predicted octanol–water partition coefficient (Wildman–Crippen LogP) is 1.33. The molecule has 0 amide bonds. The van der Waals surface area contributed by atoms with Crippen molar-refractivity contribution in [3.8, 4) is 0 Å². The maximum atomic E-state index is 13.6. The van der Waals surface area contributed by atoms with Gasteiger partial charge in [0.1, 0.15) is 10.7 Å². The van der Waals surface area contributed by atoms with E-state index in [1.165, 1.54) is 18.2 Å².